The SMILES string of the molecule is CC(C)(C)c1cc2c3c(c1)N(c1c(-c4ccccc4)cccc1-c1ccccc1)c1cc(-n4c5cc6ccccc6cc5c5c6ccccc6ccc54)ccc1B3c1ccc(-n3c4cc5ccccc5cc4c4c5ccccc5ccc43)cc1N2c1c(-c2ccccc2)cccc1-c1ccccc1. The Hall–Kier alpha value is -13.0. The van der Waals surface area contributed by atoms with Crippen LogP contribution in [0.4, 0.5) is 34.1 Å². The van der Waals surface area contributed by atoms with Gasteiger partial charge in [0, 0.05) is 77.9 Å². The summed E-state index contributed by atoms with van der Waals surface area (Å²) in [4.78, 5) is 5.41. The molecule has 5 heteroatoms. The molecular weight excluding hydrogens is 1240 g/mol. The van der Waals surface area contributed by atoms with E-state index in [0.29, 0.717) is 0 Å². The van der Waals surface area contributed by atoms with Crippen LogP contribution in [-0.2, 0) is 5.41 Å². The molecule has 0 amide bonds. The average Bonchev–Trinajstić information content (AvgIpc) is 0.952. The van der Waals surface area contributed by atoms with Crippen LogP contribution < -0.4 is 26.2 Å². The lowest BCUT2D eigenvalue weighted by Crippen LogP contribution is -2.61. The van der Waals surface area contributed by atoms with Crippen LogP contribution in [0.5, 0.6) is 0 Å². The predicted octanol–water partition coefficient (Wildman–Crippen LogP) is 24.5. The van der Waals surface area contributed by atoms with Crippen LogP contribution in [0.2, 0.25) is 0 Å². The topological polar surface area (TPSA) is 16.3 Å². The number of benzene rings is 17. The van der Waals surface area contributed by atoms with Gasteiger partial charge in [0.1, 0.15) is 0 Å². The molecule has 0 radical (unpaired) electrons. The Kier molecular flexibility index (Phi) is 13.0. The molecule has 2 aliphatic rings. The van der Waals surface area contributed by atoms with Gasteiger partial charge in [-0.1, -0.05) is 300 Å². The van der Waals surface area contributed by atoms with Crippen LogP contribution in [0.25, 0.3) is 143 Å². The number of nitrogens with zero attached hydrogens (tertiary/aromatic N) is 4. The summed E-state index contributed by atoms with van der Waals surface area (Å²) < 4.78 is 5.12. The number of aromatic nitrogens is 2. The highest BCUT2D eigenvalue weighted by Crippen LogP contribution is 2.55. The molecule has 4 nitrogen and oxygen atoms in total. The van der Waals surface area contributed by atoms with Crippen molar-refractivity contribution in [3.63, 3.8) is 0 Å². The second-order valence-corrected chi connectivity index (χ2v) is 29.1. The third kappa shape index (κ3) is 9.05. The van der Waals surface area contributed by atoms with Gasteiger partial charge in [-0.2, -0.15) is 0 Å². The zero-order chi connectivity index (χ0) is 68.2. The Morgan fingerprint density at radius 2 is 0.592 bits per heavy atom. The maximum atomic E-state index is 2.71. The highest BCUT2D eigenvalue weighted by Gasteiger charge is 2.46. The largest absolute Gasteiger partial charge is 0.310 e. The van der Waals surface area contributed by atoms with Gasteiger partial charge in [-0.15, -0.1) is 0 Å². The third-order valence-electron chi connectivity index (χ3n) is 22.3. The molecule has 0 saturated carbocycles. The Labute approximate surface area is 598 Å². The minimum absolute atomic E-state index is 0.246. The number of para-hydroxylation sites is 2. The number of hydrogen-bond acceptors (Lipinski definition) is 2. The summed E-state index contributed by atoms with van der Waals surface area (Å²) in [5.41, 5.74) is 27.4. The van der Waals surface area contributed by atoms with Crippen molar-refractivity contribution in [3.8, 4) is 55.9 Å². The predicted molar refractivity (Wildman–Crippen MR) is 440 cm³/mol. The van der Waals surface area contributed by atoms with Crippen molar-refractivity contribution in [2.24, 2.45) is 0 Å². The first-order valence-corrected chi connectivity index (χ1v) is 36.0. The normalized spacial score (nSPS) is 12.7. The minimum Gasteiger partial charge on any atom is -0.310 e. The van der Waals surface area contributed by atoms with Crippen molar-refractivity contribution in [1.29, 1.82) is 0 Å². The second-order valence-electron chi connectivity index (χ2n) is 29.1. The third-order valence-corrected chi connectivity index (χ3v) is 22.3. The van der Waals surface area contributed by atoms with E-state index in [-0.39, 0.29) is 12.1 Å². The van der Waals surface area contributed by atoms with Gasteiger partial charge in [-0.3, -0.25) is 0 Å². The zero-order valence-electron chi connectivity index (χ0n) is 57.4. The molecule has 2 aliphatic heterocycles. The first kappa shape index (κ1) is 59.0. The van der Waals surface area contributed by atoms with Crippen molar-refractivity contribution in [1.82, 2.24) is 9.13 Å². The number of rotatable bonds is 8. The molecule has 19 aromatic rings. The summed E-state index contributed by atoms with van der Waals surface area (Å²) in [7, 11) is 0. The second kappa shape index (κ2) is 22.8. The molecule has 0 aliphatic carbocycles. The van der Waals surface area contributed by atoms with Crippen molar-refractivity contribution in [2.75, 3.05) is 9.80 Å². The minimum atomic E-state index is -0.325. The van der Waals surface area contributed by atoms with Crippen LogP contribution in [-0.4, -0.2) is 15.8 Å². The van der Waals surface area contributed by atoms with E-state index >= 15 is 0 Å². The molecule has 17 aromatic carbocycles. The van der Waals surface area contributed by atoms with Crippen molar-refractivity contribution in [2.45, 2.75) is 26.2 Å². The van der Waals surface area contributed by atoms with E-state index in [1.165, 1.54) is 109 Å². The van der Waals surface area contributed by atoms with Crippen molar-refractivity contribution in [3.05, 3.63) is 357 Å². The highest BCUT2D eigenvalue weighted by atomic mass is 15.2. The lowest BCUT2D eigenvalue weighted by Gasteiger charge is -2.46. The Morgan fingerprint density at radius 3 is 0.961 bits per heavy atom. The molecule has 4 heterocycles. The summed E-state index contributed by atoms with van der Waals surface area (Å²) in [6.07, 6.45) is 0. The van der Waals surface area contributed by atoms with Crippen LogP contribution in [0, 0.1) is 0 Å². The van der Waals surface area contributed by atoms with E-state index in [2.05, 4.69) is 392 Å². The van der Waals surface area contributed by atoms with E-state index in [0.717, 1.165) is 90.0 Å². The summed E-state index contributed by atoms with van der Waals surface area (Å²) in [5, 5.41) is 14.8. The zero-order valence-corrected chi connectivity index (χ0v) is 57.4. The molecule has 0 fully saturated rings. The maximum absolute atomic E-state index is 2.71. The van der Waals surface area contributed by atoms with Crippen molar-refractivity contribution < 1.29 is 0 Å². The molecule has 103 heavy (non-hydrogen) atoms. The van der Waals surface area contributed by atoms with Crippen molar-refractivity contribution >= 4 is 144 Å². The van der Waals surface area contributed by atoms with E-state index in [1.54, 1.807) is 0 Å². The molecule has 482 valence electrons. The van der Waals surface area contributed by atoms with E-state index < -0.39 is 0 Å². The average molecular weight is 1310 g/mol. The Morgan fingerprint density at radius 1 is 0.252 bits per heavy atom. The van der Waals surface area contributed by atoms with Crippen LogP contribution >= 0.6 is 0 Å². The standard InChI is InChI=1S/C98H67BN4/c1-98(2,3)72-58-91-95-92(59-72)103(97-79(64-30-12-6-13-31-64)44-25-45-80(97)65-32-14-7-15-33-65)90-61-74(101-86-53-47-67-35-21-23-41-76(67)94(86)82-55-69-37-17-19-39-71(69)57-88(82)101)49-51-84(90)99(95)83-50-48-73(60-89(83)102(91)96-77(62-26-8-4-9-27-62)42-24-43-78(96)63-28-10-5-11-29-63)100-85-52-46-66-34-20-22-40-75(66)93(85)81-54-68-36-16-18-38-70(68)56-87(81)100/h4-61H,1-3H3. The van der Waals surface area contributed by atoms with Gasteiger partial charge >= 0.3 is 0 Å². The van der Waals surface area contributed by atoms with E-state index in [1.807, 2.05) is 0 Å². The van der Waals surface area contributed by atoms with Gasteiger partial charge in [-0.05, 0) is 166 Å². The van der Waals surface area contributed by atoms with Gasteiger partial charge in [-0.25, -0.2) is 0 Å². The number of anilines is 6. The van der Waals surface area contributed by atoms with Crippen LogP contribution in [0.15, 0.2) is 352 Å². The Balaban J connectivity index is 0.929. The van der Waals surface area contributed by atoms with E-state index in [9.17, 15) is 0 Å². The fourth-order valence-corrected chi connectivity index (χ4v) is 17.6. The van der Waals surface area contributed by atoms with Gasteiger partial charge < -0.3 is 18.9 Å². The molecule has 0 bridgehead atoms. The quantitative estimate of drug-likeness (QED) is 0.141. The number of hydrogen-bond donors (Lipinski definition) is 0. The molecule has 0 spiro atoms. The molecule has 0 saturated heterocycles. The summed E-state index contributed by atoms with van der Waals surface area (Å²) >= 11 is 0. The molecule has 0 unspecified atom stereocenters. The monoisotopic (exact) mass is 1310 g/mol. The van der Waals surface area contributed by atoms with Gasteiger partial charge in [0.25, 0.3) is 6.71 Å². The summed E-state index contributed by atoms with van der Waals surface area (Å²) in [5.74, 6) is 0. The van der Waals surface area contributed by atoms with Crippen LogP contribution in [0.1, 0.15) is 26.3 Å². The Bertz CT molecular complexity index is 6210. The summed E-state index contributed by atoms with van der Waals surface area (Å²) in [6, 6.07) is 133. The smallest absolute Gasteiger partial charge is 0.252 e. The summed E-state index contributed by atoms with van der Waals surface area (Å²) in [6.45, 7) is 6.93. The molecule has 0 N–H and O–H groups in total. The molecule has 0 atom stereocenters. The van der Waals surface area contributed by atoms with Crippen LogP contribution in [0.3, 0.4) is 0 Å². The first-order chi connectivity index (χ1) is 50.8. The fraction of sp³-hybridized carbons (Fsp3) is 0.0408. The molecular formula is C98H67BN4. The molecule has 2 aromatic heterocycles. The van der Waals surface area contributed by atoms with Gasteiger partial charge in [0.2, 0.25) is 0 Å². The van der Waals surface area contributed by atoms with Gasteiger partial charge in [0.05, 0.1) is 33.4 Å². The van der Waals surface area contributed by atoms with E-state index in [4.69, 9.17) is 0 Å². The lowest BCUT2D eigenvalue weighted by molar-refractivity contribution is 0.590. The number of fused-ring (bicyclic) bond motifs is 16. The lowest BCUT2D eigenvalue weighted by atomic mass is 9.33. The fourth-order valence-electron chi connectivity index (χ4n) is 17.6. The highest BCUT2D eigenvalue weighted by molar-refractivity contribution is 7.00. The molecule has 21 rings (SSSR count). The maximum Gasteiger partial charge on any atom is 0.252 e. The van der Waals surface area contributed by atoms with Gasteiger partial charge in [0.15, 0.2) is 0 Å². The first-order valence-electron chi connectivity index (χ1n) is 36.0.